The van der Waals surface area contributed by atoms with Crippen molar-refractivity contribution in [2.45, 2.75) is 32.6 Å². The van der Waals surface area contributed by atoms with Gasteiger partial charge in [0.25, 0.3) is 11.8 Å². The molecule has 0 atom stereocenters. The fraction of sp³-hybridized carbons (Fsp3) is 0.344. The van der Waals surface area contributed by atoms with Gasteiger partial charge in [-0.2, -0.15) is 0 Å². The maximum absolute atomic E-state index is 14.3. The lowest BCUT2D eigenvalue weighted by Gasteiger charge is -2.35. The summed E-state index contributed by atoms with van der Waals surface area (Å²) in [6, 6.07) is 14.2. The fourth-order valence-electron chi connectivity index (χ4n) is 5.05. The first-order valence-electron chi connectivity index (χ1n) is 14.5. The van der Waals surface area contributed by atoms with Gasteiger partial charge in [0.15, 0.2) is 5.82 Å². The van der Waals surface area contributed by atoms with Crippen LogP contribution in [0.25, 0.3) is 11.1 Å². The van der Waals surface area contributed by atoms with E-state index in [0.717, 1.165) is 49.4 Å². The van der Waals surface area contributed by atoms with Crippen molar-refractivity contribution < 1.29 is 24.0 Å². The second kappa shape index (κ2) is 15.0. The summed E-state index contributed by atoms with van der Waals surface area (Å²) in [4.78, 5) is 41.6. The molecule has 0 unspecified atom stereocenters. The van der Waals surface area contributed by atoms with Crippen molar-refractivity contribution in [2.75, 3.05) is 55.7 Å². The van der Waals surface area contributed by atoms with Crippen molar-refractivity contribution in [3.05, 3.63) is 76.1 Å². The van der Waals surface area contributed by atoms with Crippen LogP contribution in [-0.2, 0) is 4.79 Å². The number of halogens is 2. The van der Waals surface area contributed by atoms with Crippen molar-refractivity contribution >= 4 is 46.4 Å². The van der Waals surface area contributed by atoms with Gasteiger partial charge in [0, 0.05) is 50.3 Å². The number of carbonyl (C=O) groups is 3. The summed E-state index contributed by atoms with van der Waals surface area (Å²) in [6.45, 7) is 5.26. The second-order valence-corrected chi connectivity index (χ2v) is 11.3. The predicted molar refractivity (Wildman–Crippen MR) is 171 cm³/mol. The van der Waals surface area contributed by atoms with Gasteiger partial charge in [-0.15, -0.1) is 0 Å². The molecule has 234 valence electrons. The van der Waals surface area contributed by atoms with E-state index >= 15 is 0 Å². The number of nitrogens with one attached hydrogen (secondary N) is 3. The average molecular weight is 625 g/mol. The summed E-state index contributed by atoms with van der Waals surface area (Å²) in [5, 5.41) is 14.4. The number of unbranched alkanes of at least 4 members (excludes halogenated alkanes) is 2. The number of rotatable bonds is 11. The number of nitrogen functional groups attached to an aromatic ring is 1. The highest BCUT2D eigenvalue weighted by Gasteiger charge is 2.22. The molecule has 0 spiro atoms. The van der Waals surface area contributed by atoms with Gasteiger partial charge in [0.1, 0.15) is 0 Å². The van der Waals surface area contributed by atoms with Crippen LogP contribution in [0.3, 0.4) is 0 Å². The Bertz CT molecular complexity index is 1510. The van der Waals surface area contributed by atoms with Gasteiger partial charge in [-0.25, -0.2) is 9.87 Å². The highest BCUT2D eigenvalue weighted by molar-refractivity contribution is 6.35. The third-order valence-corrected chi connectivity index (χ3v) is 8.24. The monoisotopic (exact) mass is 624 g/mol. The van der Waals surface area contributed by atoms with Crippen LogP contribution in [0.2, 0.25) is 5.02 Å². The summed E-state index contributed by atoms with van der Waals surface area (Å²) in [5.74, 6) is -1.77. The lowest BCUT2D eigenvalue weighted by molar-refractivity contribution is -0.129. The summed E-state index contributed by atoms with van der Waals surface area (Å²) in [6.07, 6.45) is 2.32. The van der Waals surface area contributed by atoms with Crippen LogP contribution in [0.4, 0.5) is 21.5 Å². The Morgan fingerprint density at radius 1 is 0.955 bits per heavy atom. The molecule has 0 saturated carbocycles. The summed E-state index contributed by atoms with van der Waals surface area (Å²) >= 11 is 6.35. The van der Waals surface area contributed by atoms with Crippen LogP contribution in [0.1, 0.15) is 52.0 Å². The SMILES string of the molecule is Cc1c(F)c(N)cc(C(=O)Nc2cc(-c3ccc(C(=O)NCCCCCC(=O)NO)cc3)ccc2N2CCN(C)CC2)c1Cl. The van der Waals surface area contributed by atoms with Crippen LogP contribution in [0.15, 0.2) is 48.5 Å². The van der Waals surface area contributed by atoms with Crippen molar-refractivity contribution in [1.29, 1.82) is 0 Å². The minimum absolute atomic E-state index is 0.00876. The number of hydrogen-bond donors (Lipinski definition) is 5. The van der Waals surface area contributed by atoms with Gasteiger partial charge in [-0.1, -0.05) is 36.2 Å². The van der Waals surface area contributed by atoms with Gasteiger partial charge in [0.2, 0.25) is 5.91 Å². The molecule has 12 heteroatoms. The van der Waals surface area contributed by atoms with Crippen LogP contribution in [-0.4, -0.2) is 67.6 Å². The Hall–Kier alpha value is -4.19. The number of nitrogens with zero attached hydrogens (tertiary/aromatic N) is 2. The molecular formula is C32H38ClFN6O4. The van der Waals surface area contributed by atoms with E-state index < -0.39 is 17.6 Å². The quantitative estimate of drug-likeness (QED) is 0.0890. The molecule has 3 amide bonds. The number of anilines is 3. The molecule has 10 nitrogen and oxygen atoms in total. The molecule has 4 rings (SSSR count). The van der Waals surface area contributed by atoms with E-state index in [2.05, 4.69) is 27.5 Å². The van der Waals surface area contributed by atoms with Crippen molar-refractivity contribution in [3.63, 3.8) is 0 Å². The second-order valence-electron chi connectivity index (χ2n) is 10.9. The van der Waals surface area contributed by atoms with Crippen LogP contribution < -0.4 is 26.7 Å². The molecule has 0 aliphatic carbocycles. The normalized spacial score (nSPS) is 13.4. The minimum atomic E-state index is -0.645. The lowest BCUT2D eigenvalue weighted by Crippen LogP contribution is -2.44. The highest BCUT2D eigenvalue weighted by atomic mass is 35.5. The van der Waals surface area contributed by atoms with E-state index in [-0.39, 0.29) is 34.2 Å². The topological polar surface area (TPSA) is 140 Å². The van der Waals surface area contributed by atoms with Gasteiger partial charge in [-0.05, 0) is 68.3 Å². The smallest absolute Gasteiger partial charge is 0.257 e. The molecule has 1 aliphatic heterocycles. The first-order chi connectivity index (χ1) is 21.1. The Morgan fingerprint density at radius 3 is 2.32 bits per heavy atom. The Morgan fingerprint density at radius 2 is 1.64 bits per heavy atom. The van der Waals surface area contributed by atoms with Crippen LogP contribution in [0, 0.1) is 12.7 Å². The average Bonchev–Trinajstić information content (AvgIpc) is 3.03. The number of hydrogen-bond acceptors (Lipinski definition) is 7. The molecular weight excluding hydrogens is 587 g/mol. The maximum Gasteiger partial charge on any atom is 0.257 e. The van der Waals surface area contributed by atoms with Gasteiger partial charge in [0.05, 0.1) is 27.6 Å². The van der Waals surface area contributed by atoms with E-state index in [1.54, 1.807) is 17.6 Å². The number of carbonyl (C=O) groups excluding carboxylic acids is 3. The van der Waals surface area contributed by atoms with E-state index in [4.69, 9.17) is 22.5 Å². The maximum atomic E-state index is 14.3. The molecule has 44 heavy (non-hydrogen) atoms. The fourth-order valence-corrected chi connectivity index (χ4v) is 5.28. The van der Waals surface area contributed by atoms with E-state index in [1.807, 2.05) is 30.3 Å². The third-order valence-electron chi connectivity index (χ3n) is 7.75. The molecule has 1 aliphatic rings. The molecule has 1 saturated heterocycles. The first-order valence-corrected chi connectivity index (χ1v) is 14.9. The van der Waals surface area contributed by atoms with Gasteiger partial charge < -0.3 is 26.2 Å². The molecule has 1 heterocycles. The highest BCUT2D eigenvalue weighted by Crippen LogP contribution is 2.34. The van der Waals surface area contributed by atoms with Crippen LogP contribution in [0.5, 0.6) is 0 Å². The summed E-state index contributed by atoms with van der Waals surface area (Å²) in [7, 11) is 2.07. The summed E-state index contributed by atoms with van der Waals surface area (Å²) < 4.78 is 14.3. The molecule has 0 aromatic heterocycles. The Labute approximate surface area is 261 Å². The number of benzene rings is 3. The van der Waals surface area contributed by atoms with Crippen molar-refractivity contribution in [2.24, 2.45) is 0 Å². The van der Waals surface area contributed by atoms with Crippen molar-refractivity contribution in [3.8, 4) is 11.1 Å². The molecule has 3 aromatic carbocycles. The molecule has 3 aromatic rings. The number of likely N-dealkylation sites (N-methyl/N-ethyl adjacent to an activating group) is 1. The number of nitrogens with two attached hydrogens (primary N) is 1. The van der Waals surface area contributed by atoms with Crippen molar-refractivity contribution in [1.82, 2.24) is 15.7 Å². The molecule has 0 radical (unpaired) electrons. The minimum Gasteiger partial charge on any atom is -0.396 e. The molecule has 6 N–H and O–H groups in total. The standard InChI is InChI=1S/C32H38ClFN6O4/c1-20-29(33)24(19-25(35)30(20)34)32(43)37-26-18-23(11-12-27(26)40-16-14-39(2)15-17-40)21-7-9-22(10-8-21)31(42)36-13-5-3-4-6-28(41)38-44/h7-12,18-19,44H,3-6,13-17,35H2,1-2H3,(H,36,42)(H,37,43)(H,38,41). The number of piperazine rings is 1. The number of hydroxylamine groups is 1. The van der Waals surface area contributed by atoms with E-state index in [9.17, 15) is 18.8 Å². The Balaban J connectivity index is 1.51. The molecule has 1 fully saturated rings. The largest absolute Gasteiger partial charge is 0.396 e. The van der Waals surface area contributed by atoms with Gasteiger partial charge >= 0.3 is 0 Å². The van der Waals surface area contributed by atoms with Gasteiger partial charge in [-0.3, -0.25) is 19.6 Å². The van der Waals surface area contributed by atoms with E-state index in [1.165, 1.54) is 13.0 Å². The zero-order valence-electron chi connectivity index (χ0n) is 24.9. The third kappa shape index (κ3) is 8.04. The lowest BCUT2D eigenvalue weighted by atomic mass is 10.0. The Kier molecular flexibility index (Phi) is 11.2. The molecule has 0 bridgehead atoms. The van der Waals surface area contributed by atoms with Crippen LogP contribution >= 0.6 is 11.6 Å². The number of amides is 3. The predicted octanol–water partition coefficient (Wildman–Crippen LogP) is 4.84. The zero-order valence-corrected chi connectivity index (χ0v) is 25.6. The van der Waals surface area contributed by atoms with E-state index in [0.29, 0.717) is 30.6 Å². The first kappa shape index (κ1) is 32.7. The zero-order chi connectivity index (χ0) is 31.8. The summed E-state index contributed by atoms with van der Waals surface area (Å²) in [5.41, 5.74) is 11.1.